The van der Waals surface area contributed by atoms with E-state index in [1.165, 1.54) is 6.42 Å². The molecule has 3 N–H and O–H groups in total. The summed E-state index contributed by atoms with van der Waals surface area (Å²) in [5, 5.41) is 8.07. The summed E-state index contributed by atoms with van der Waals surface area (Å²) in [5.74, 6) is 0.642. The summed E-state index contributed by atoms with van der Waals surface area (Å²) >= 11 is 12.4. The van der Waals surface area contributed by atoms with Gasteiger partial charge in [-0.2, -0.15) is 0 Å². The Morgan fingerprint density at radius 2 is 2.19 bits per heavy atom. The third kappa shape index (κ3) is 3.55. The van der Waals surface area contributed by atoms with Crippen molar-refractivity contribution in [2.75, 3.05) is 26.2 Å². The van der Waals surface area contributed by atoms with Crippen molar-refractivity contribution in [3.63, 3.8) is 0 Å². The number of aromatic amines is 1. The topological polar surface area (TPSA) is 65.1 Å². The van der Waals surface area contributed by atoms with Gasteiger partial charge in [0.25, 0.3) is 0 Å². The fourth-order valence-corrected chi connectivity index (χ4v) is 3.81. The van der Waals surface area contributed by atoms with Crippen LogP contribution in [0.15, 0.2) is 23.0 Å². The van der Waals surface area contributed by atoms with E-state index in [1.54, 1.807) is 10.6 Å². The van der Waals surface area contributed by atoms with Gasteiger partial charge in [0.15, 0.2) is 0 Å². The van der Waals surface area contributed by atoms with Crippen molar-refractivity contribution in [3.8, 4) is 0 Å². The summed E-state index contributed by atoms with van der Waals surface area (Å²) in [7, 11) is 0. The van der Waals surface area contributed by atoms with Gasteiger partial charge in [-0.05, 0) is 43.1 Å². The Morgan fingerprint density at radius 1 is 1.31 bits per heavy atom. The lowest BCUT2D eigenvalue weighted by molar-refractivity contribution is 0.302. The zero-order valence-electron chi connectivity index (χ0n) is 14.3. The average molecular weight is 394 g/mol. The molecular formula is C18H21Cl2N5O. The van der Waals surface area contributed by atoms with Crippen LogP contribution < -0.4 is 27.1 Å². The Kier molecular flexibility index (Phi) is 5.09. The first kappa shape index (κ1) is 17.7. The molecular weight excluding hydrogens is 373 g/mol. The van der Waals surface area contributed by atoms with Crippen molar-refractivity contribution in [2.24, 2.45) is 5.92 Å². The number of halogens is 2. The number of nitrogens with one attached hydrogen (secondary N) is 3. The van der Waals surface area contributed by atoms with Gasteiger partial charge in [-0.25, -0.2) is 10.2 Å². The highest BCUT2D eigenvalue weighted by molar-refractivity contribution is 6.42. The number of hydrogen-bond donors (Lipinski definition) is 3. The summed E-state index contributed by atoms with van der Waals surface area (Å²) in [6.45, 7) is 4.14. The second-order valence-corrected chi connectivity index (χ2v) is 7.52. The van der Waals surface area contributed by atoms with E-state index in [4.69, 9.17) is 23.2 Å². The summed E-state index contributed by atoms with van der Waals surface area (Å²) in [4.78, 5) is 15.3. The van der Waals surface area contributed by atoms with Crippen molar-refractivity contribution in [2.45, 2.75) is 13.0 Å². The van der Waals surface area contributed by atoms with Gasteiger partial charge in [0, 0.05) is 12.7 Å². The second-order valence-electron chi connectivity index (χ2n) is 6.73. The molecule has 138 valence electrons. The first-order valence-electron chi connectivity index (χ1n) is 8.76. The van der Waals surface area contributed by atoms with E-state index in [0.717, 1.165) is 35.9 Å². The average Bonchev–Trinajstić information content (AvgIpc) is 3.25. The normalized spacial score (nSPS) is 19.2. The third-order valence-corrected chi connectivity index (χ3v) is 5.79. The molecule has 2 aliphatic heterocycles. The number of aromatic nitrogens is 2. The van der Waals surface area contributed by atoms with E-state index in [1.807, 2.05) is 29.4 Å². The Balaban J connectivity index is 1.60. The number of rotatable bonds is 5. The van der Waals surface area contributed by atoms with Crippen LogP contribution in [0.1, 0.15) is 12.0 Å². The van der Waals surface area contributed by atoms with Gasteiger partial charge < -0.3 is 15.3 Å². The first-order valence-corrected chi connectivity index (χ1v) is 9.52. The minimum atomic E-state index is -0.152. The van der Waals surface area contributed by atoms with Crippen molar-refractivity contribution < 1.29 is 0 Å². The van der Waals surface area contributed by atoms with Crippen molar-refractivity contribution in [1.82, 2.24) is 25.3 Å². The van der Waals surface area contributed by atoms with E-state index < -0.39 is 0 Å². The molecule has 1 atom stereocenters. The minimum Gasteiger partial charge on any atom is -0.316 e. The van der Waals surface area contributed by atoms with E-state index in [2.05, 4.69) is 15.7 Å². The lowest BCUT2D eigenvalue weighted by atomic mass is 10.1. The number of fused-ring (bicyclic) bond motifs is 1. The molecule has 2 aromatic rings. The molecule has 3 heterocycles. The van der Waals surface area contributed by atoms with Gasteiger partial charge in [0.1, 0.15) is 0 Å². The van der Waals surface area contributed by atoms with Crippen LogP contribution >= 0.6 is 23.2 Å². The molecule has 1 aromatic carbocycles. The number of nitrogens with zero attached hydrogens (tertiary/aromatic N) is 2. The molecule has 4 rings (SSSR count). The summed E-state index contributed by atoms with van der Waals surface area (Å²) in [6.07, 6.45) is 5.19. The molecule has 1 saturated heterocycles. The van der Waals surface area contributed by atoms with Crippen LogP contribution in [0.2, 0.25) is 10.0 Å². The molecule has 1 fully saturated rings. The molecule has 0 unspecified atom stereocenters. The predicted molar refractivity (Wildman–Crippen MR) is 104 cm³/mol. The Bertz CT molecular complexity index is 974. The van der Waals surface area contributed by atoms with E-state index in [-0.39, 0.29) is 5.69 Å². The van der Waals surface area contributed by atoms with Crippen molar-refractivity contribution >= 4 is 35.5 Å². The molecule has 26 heavy (non-hydrogen) atoms. The quantitative estimate of drug-likeness (QED) is 0.691. The fraction of sp³-hybridized carbons (Fsp3) is 0.389. The van der Waals surface area contributed by atoms with Crippen LogP contribution in [-0.2, 0) is 6.54 Å². The summed E-state index contributed by atoms with van der Waals surface area (Å²) in [6, 6.07) is 5.47. The lowest BCUT2D eigenvalue weighted by Crippen LogP contribution is -2.46. The second kappa shape index (κ2) is 7.48. The molecule has 2 aliphatic rings. The van der Waals surface area contributed by atoms with Crippen LogP contribution in [0.3, 0.4) is 0 Å². The van der Waals surface area contributed by atoms with Gasteiger partial charge >= 0.3 is 5.69 Å². The van der Waals surface area contributed by atoms with Crippen molar-refractivity contribution in [3.05, 3.63) is 55.0 Å². The zero-order chi connectivity index (χ0) is 18.1. The summed E-state index contributed by atoms with van der Waals surface area (Å²) < 4.78 is 1.69. The fourth-order valence-electron chi connectivity index (χ4n) is 3.43. The number of imidazole rings is 1. The molecule has 0 amide bonds. The maximum atomic E-state index is 12.4. The van der Waals surface area contributed by atoms with Crippen LogP contribution in [-0.4, -0.2) is 40.7 Å². The van der Waals surface area contributed by atoms with Crippen LogP contribution in [0.25, 0.3) is 12.3 Å². The minimum absolute atomic E-state index is 0.152. The SMILES string of the molecule is O=c1[nH]c2c(n1Cc1cccc(Cl)c1Cl)=CN(NC[C@@H]1CCNC1)CC=2. The molecule has 0 saturated carbocycles. The van der Waals surface area contributed by atoms with Crippen molar-refractivity contribution in [1.29, 1.82) is 0 Å². The number of hydrogen-bond acceptors (Lipinski definition) is 4. The Hall–Kier alpha value is -1.73. The number of H-pyrrole nitrogens is 1. The number of hydrazine groups is 1. The predicted octanol–water partition coefficient (Wildman–Crippen LogP) is 0.480. The highest BCUT2D eigenvalue weighted by Gasteiger charge is 2.16. The lowest BCUT2D eigenvalue weighted by Gasteiger charge is -2.23. The van der Waals surface area contributed by atoms with Crippen LogP contribution in [0, 0.1) is 5.92 Å². The highest BCUT2D eigenvalue weighted by atomic mass is 35.5. The van der Waals surface area contributed by atoms with Gasteiger partial charge in [0.05, 0.1) is 33.8 Å². The standard InChI is InChI=1S/C18H21Cl2N5O/c19-14-3-1-2-13(17(14)20)10-25-16-11-24(7-5-15(16)23-18(25)26)22-9-12-4-6-21-8-12/h1-3,5,11-12,21-22H,4,6-10H2,(H,23,26)/t12-/m1/s1. The smallest absolute Gasteiger partial charge is 0.316 e. The maximum absolute atomic E-state index is 12.4. The van der Waals surface area contributed by atoms with Gasteiger partial charge in [-0.1, -0.05) is 35.3 Å². The summed E-state index contributed by atoms with van der Waals surface area (Å²) in [5.41, 5.74) is 4.12. The molecule has 0 bridgehead atoms. The number of benzene rings is 1. The molecule has 1 aromatic heterocycles. The molecule has 0 spiro atoms. The van der Waals surface area contributed by atoms with E-state index in [9.17, 15) is 4.79 Å². The molecule has 8 heteroatoms. The van der Waals surface area contributed by atoms with Gasteiger partial charge in [-0.3, -0.25) is 4.57 Å². The van der Waals surface area contributed by atoms with Gasteiger partial charge in [-0.15, -0.1) is 0 Å². The first-order chi connectivity index (χ1) is 12.6. The Labute approximate surface area is 161 Å². The largest absolute Gasteiger partial charge is 0.326 e. The van der Waals surface area contributed by atoms with E-state index >= 15 is 0 Å². The third-order valence-electron chi connectivity index (χ3n) is 4.93. The van der Waals surface area contributed by atoms with E-state index in [0.29, 0.717) is 29.1 Å². The molecule has 6 nitrogen and oxygen atoms in total. The van der Waals surface area contributed by atoms with Crippen LogP contribution in [0.5, 0.6) is 0 Å². The zero-order valence-corrected chi connectivity index (χ0v) is 15.8. The van der Waals surface area contributed by atoms with Gasteiger partial charge in [0.2, 0.25) is 0 Å². The maximum Gasteiger partial charge on any atom is 0.326 e. The highest BCUT2D eigenvalue weighted by Crippen LogP contribution is 2.25. The molecule has 0 radical (unpaired) electrons. The monoisotopic (exact) mass is 393 g/mol. The van der Waals surface area contributed by atoms with Crippen LogP contribution in [0.4, 0.5) is 0 Å². The molecule has 0 aliphatic carbocycles. The Morgan fingerprint density at radius 3 is 3.00 bits per heavy atom.